The molecular formula is C10H14ClN5O2. The average molecular weight is 272 g/mol. The minimum atomic E-state index is -0.801. The van der Waals surface area contributed by atoms with E-state index in [1.807, 2.05) is 0 Å². The van der Waals surface area contributed by atoms with E-state index in [1.165, 1.54) is 12.7 Å². The quantitative estimate of drug-likeness (QED) is 0.665. The molecule has 0 bridgehead atoms. The topological polar surface area (TPSA) is 110 Å². The summed E-state index contributed by atoms with van der Waals surface area (Å²) in [6, 6.07) is -0.225. The molecule has 1 fully saturated rings. The first-order valence-corrected chi connectivity index (χ1v) is 5.47. The van der Waals surface area contributed by atoms with Crippen LogP contribution in [0, 0.1) is 0 Å². The second-order valence-corrected chi connectivity index (χ2v) is 4.29. The summed E-state index contributed by atoms with van der Waals surface area (Å²) in [5.41, 5.74) is 6.22. The van der Waals surface area contributed by atoms with E-state index in [0.717, 1.165) is 0 Å². The molecule has 0 radical (unpaired) electrons. The molecule has 3 rings (SSSR count). The van der Waals surface area contributed by atoms with E-state index in [1.54, 1.807) is 4.57 Å². The molecule has 3 aliphatic rings. The summed E-state index contributed by atoms with van der Waals surface area (Å²) < 4.78 is 1.74. The van der Waals surface area contributed by atoms with Crippen molar-refractivity contribution in [2.24, 2.45) is 0 Å². The third kappa shape index (κ3) is 1.80. The number of imidazole rings is 1. The second kappa shape index (κ2) is 4.68. The largest absolute Gasteiger partial charge is 0.390 e. The Kier molecular flexibility index (Phi) is 3.38. The Morgan fingerprint density at radius 1 is 1.22 bits per heavy atom. The molecule has 0 aromatic carbocycles. The van der Waals surface area contributed by atoms with E-state index >= 15 is 0 Å². The number of rotatable bonds is 1. The van der Waals surface area contributed by atoms with Crippen molar-refractivity contribution < 1.29 is 10.2 Å². The summed E-state index contributed by atoms with van der Waals surface area (Å²) in [6.45, 7) is 0. The van der Waals surface area contributed by atoms with E-state index in [2.05, 4.69) is 15.0 Å². The number of hydrogen-bond donors (Lipinski definition) is 3. The highest BCUT2D eigenvalue weighted by molar-refractivity contribution is 5.85. The molecule has 3 atom stereocenters. The van der Waals surface area contributed by atoms with E-state index in [9.17, 15) is 10.2 Å². The average Bonchev–Trinajstić information content (AvgIpc) is 2.91. The van der Waals surface area contributed by atoms with Crippen LogP contribution in [0.5, 0.6) is 0 Å². The predicted octanol–water partition coefficient (Wildman–Crippen LogP) is -0.161. The van der Waals surface area contributed by atoms with Gasteiger partial charge in [0.15, 0.2) is 11.6 Å². The molecule has 0 spiro atoms. The van der Waals surface area contributed by atoms with Gasteiger partial charge in [-0.15, -0.1) is 12.4 Å². The number of fused-ring (bicyclic) bond motifs is 1. The van der Waals surface area contributed by atoms with E-state index < -0.39 is 12.2 Å². The first kappa shape index (κ1) is 13.0. The van der Waals surface area contributed by atoms with Gasteiger partial charge in [0.1, 0.15) is 18.1 Å². The summed E-state index contributed by atoms with van der Waals surface area (Å²) in [4.78, 5) is 12.2. The summed E-state index contributed by atoms with van der Waals surface area (Å²) >= 11 is 0. The Morgan fingerprint density at radius 3 is 2.67 bits per heavy atom. The van der Waals surface area contributed by atoms with Crippen LogP contribution in [0.1, 0.15) is 18.9 Å². The molecule has 4 N–H and O–H groups in total. The van der Waals surface area contributed by atoms with Gasteiger partial charge in [0, 0.05) is 0 Å². The van der Waals surface area contributed by atoms with Gasteiger partial charge in [-0.25, -0.2) is 15.0 Å². The van der Waals surface area contributed by atoms with Crippen LogP contribution in [0.15, 0.2) is 12.7 Å². The highest BCUT2D eigenvalue weighted by Crippen LogP contribution is 2.34. The van der Waals surface area contributed by atoms with Crippen molar-refractivity contribution in [3.05, 3.63) is 12.7 Å². The normalized spacial score (nSPS) is 27.3. The van der Waals surface area contributed by atoms with Crippen LogP contribution >= 0.6 is 12.4 Å². The molecule has 8 heteroatoms. The Bertz CT molecular complexity index is 519. The summed E-state index contributed by atoms with van der Waals surface area (Å²) in [5.74, 6) is 0.914. The first-order chi connectivity index (χ1) is 8.18. The van der Waals surface area contributed by atoms with Gasteiger partial charge < -0.3 is 20.5 Å². The Hall–Kier alpha value is -1.44. The number of anilines is 1. The van der Waals surface area contributed by atoms with Gasteiger partial charge in [-0.1, -0.05) is 0 Å². The monoisotopic (exact) mass is 271 g/mol. The second-order valence-electron chi connectivity index (χ2n) is 4.29. The fourth-order valence-corrected chi connectivity index (χ4v) is 2.36. The van der Waals surface area contributed by atoms with Crippen LogP contribution in [0.2, 0.25) is 0 Å². The SMILES string of the molecule is Cl.Nc1ncn(C2CCC(O)C2O)c2ncnc1-2. The molecular weight excluding hydrogens is 258 g/mol. The van der Waals surface area contributed by atoms with Gasteiger partial charge in [-0.3, -0.25) is 0 Å². The van der Waals surface area contributed by atoms with Crippen molar-refractivity contribution in [2.75, 3.05) is 5.73 Å². The molecule has 98 valence electrons. The number of nitrogens with zero attached hydrogens (tertiary/aromatic N) is 4. The Balaban J connectivity index is 0.00000120. The summed E-state index contributed by atoms with van der Waals surface area (Å²) in [7, 11) is 0. The zero-order valence-electron chi connectivity index (χ0n) is 9.47. The number of aliphatic hydroxyl groups is 2. The van der Waals surface area contributed by atoms with Gasteiger partial charge in [0.05, 0.1) is 18.5 Å². The van der Waals surface area contributed by atoms with E-state index in [0.29, 0.717) is 30.2 Å². The maximum Gasteiger partial charge on any atom is 0.165 e. The standard InChI is InChI=1S/C10H13N5O2.ClH/c11-9-7-10(13-3-12-7)15(4-14-9)5-1-2-6(16)8(5)17;/h3-6,8,16-17H,1-2,11H2;1H. The van der Waals surface area contributed by atoms with Crippen LogP contribution in [-0.4, -0.2) is 41.9 Å². The van der Waals surface area contributed by atoms with Crippen LogP contribution in [0.4, 0.5) is 5.82 Å². The fourth-order valence-electron chi connectivity index (χ4n) is 2.36. The van der Waals surface area contributed by atoms with Gasteiger partial charge >= 0.3 is 0 Å². The lowest BCUT2D eigenvalue weighted by Gasteiger charge is -2.21. The first-order valence-electron chi connectivity index (χ1n) is 5.47. The fraction of sp³-hybridized carbons (Fsp3) is 0.500. The number of aromatic nitrogens is 4. The summed E-state index contributed by atoms with van der Waals surface area (Å²) in [6.07, 6.45) is 2.71. The van der Waals surface area contributed by atoms with Crippen molar-refractivity contribution in [3.8, 4) is 11.5 Å². The molecule has 3 unspecified atom stereocenters. The maximum atomic E-state index is 9.90. The van der Waals surface area contributed by atoms with Crippen molar-refractivity contribution >= 4 is 18.2 Å². The summed E-state index contributed by atoms with van der Waals surface area (Å²) in [5, 5.41) is 19.5. The highest BCUT2D eigenvalue weighted by Gasteiger charge is 2.36. The van der Waals surface area contributed by atoms with Crippen LogP contribution in [0.3, 0.4) is 0 Å². The van der Waals surface area contributed by atoms with Crippen LogP contribution in [0.25, 0.3) is 11.5 Å². The third-order valence-corrected chi connectivity index (χ3v) is 3.29. The van der Waals surface area contributed by atoms with E-state index in [-0.39, 0.29) is 18.4 Å². The lowest BCUT2D eigenvalue weighted by atomic mass is 10.2. The Morgan fingerprint density at radius 2 is 2.00 bits per heavy atom. The van der Waals surface area contributed by atoms with Gasteiger partial charge in [0.2, 0.25) is 0 Å². The van der Waals surface area contributed by atoms with Crippen molar-refractivity contribution in [3.63, 3.8) is 0 Å². The number of halogens is 1. The molecule has 0 amide bonds. The molecule has 2 heterocycles. The smallest absolute Gasteiger partial charge is 0.165 e. The zero-order chi connectivity index (χ0) is 12.0. The number of hydrogen-bond acceptors (Lipinski definition) is 6. The lowest BCUT2D eigenvalue weighted by molar-refractivity contribution is 0.0234. The maximum absolute atomic E-state index is 9.90. The van der Waals surface area contributed by atoms with E-state index in [4.69, 9.17) is 5.73 Å². The molecule has 0 aromatic rings. The highest BCUT2D eigenvalue weighted by atomic mass is 35.5. The molecule has 2 aliphatic heterocycles. The van der Waals surface area contributed by atoms with Gasteiger partial charge in [-0.05, 0) is 12.8 Å². The van der Waals surface area contributed by atoms with Gasteiger partial charge in [-0.2, -0.15) is 0 Å². The van der Waals surface area contributed by atoms with Crippen LogP contribution in [-0.2, 0) is 0 Å². The molecule has 18 heavy (non-hydrogen) atoms. The molecule has 0 saturated heterocycles. The number of nitrogen functional groups attached to an aromatic ring is 1. The third-order valence-electron chi connectivity index (χ3n) is 3.29. The molecule has 0 aromatic heterocycles. The zero-order valence-corrected chi connectivity index (χ0v) is 10.3. The van der Waals surface area contributed by atoms with Crippen molar-refractivity contribution in [1.82, 2.24) is 19.5 Å². The molecule has 7 nitrogen and oxygen atoms in total. The van der Waals surface area contributed by atoms with Crippen molar-refractivity contribution in [1.29, 1.82) is 0 Å². The van der Waals surface area contributed by atoms with Gasteiger partial charge in [0.25, 0.3) is 0 Å². The van der Waals surface area contributed by atoms with Crippen molar-refractivity contribution in [2.45, 2.75) is 31.1 Å². The van der Waals surface area contributed by atoms with Crippen LogP contribution < -0.4 is 5.73 Å². The Labute approximate surface area is 109 Å². The number of nitrogens with two attached hydrogens (primary N) is 1. The molecule has 1 saturated carbocycles. The number of aliphatic hydroxyl groups excluding tert-OH is 2. The minimum absolute atomic E-state index is 0. The minimum Gasteiger partial charge on any atom is -0.390 e. The predicted molar refractivity (Wildman–Crippen MR) is 66.4 cm³/mol. The lowest BCUT2D eigenvalue weighted by Crippen LogP contribution is -2.28. The molecule has 1 aliphatic carbocycles.